The van der Waals surface area contributed by atoms with Crippen molar-refractivity contribution >= 4 is 28.4 Å². The Bertz CT molecular complexity index is 952. The van der Waals surface area contributed by atoms with Crippen LogP contribution in [0.3, 0.4) is 0 Å². The molecule has 4 rings (SSSR count). The van der Waals surface area contributed by atoms with Crippen molar-refractivity contribution in [3.63, 3.8) is 0 Å². The number of halogens is 1. The average Bonchev–Trinajstić information content (AvgIpc) is 3.19. The number of fused-ring (bicyclic) bond motifs is 1. The molecule has 26 heavy (non-hydrogen) atoms. The summed E-state index contributed by atoms with van der Waals surface area (Å²) < 4.78 is 5.59. The first-order chi connectivity index (χ1) is 12.7. The molecule has 2 heterocycles. The number of ether oxygens (including phenoxy) is 1. The van der Waals surface area contributed by atoms with Gasteiger partial charge in [-0.3, -0.25) is 4.79 Å². The molecule has 1 aliphatic rings. The van der Waals surface area contributed by atoms with Gasteiger partial charge in [-0.05, 0) is 31.0 Å². The molecule has 2 aromatic carbocycles. The van der Waals surface area contributed by atoms with E-state index in [0.717, 1.165) is 35.9 Å². The maximum Gasteiger partial charge on any atom is 0.252 e. The predicted molar refractivity (Wildman–Crippen MR) is 103 cm³/mol. The van der Waals surface area contributed by atoms with E-state index in [1.165, 1.54) is 0 Å². The summed E-state index contributed by atoms with van der Waals surface area (Å²) in [4.78, 5) is 17.6. The molecular formula is C21H19ClN2O2. The quantitative estimate of drug-likeness (QED) is 0.741. The molecule has 0 aliphatic carbocycles. The first-order valence-electron chi connectivity index (χ1n) is 8.77. The second-order valence-electron chi connectivity index (χ2n) is 6.40. The Morgan fingerprint density at radius 2 is 2.00 bits per heavy atom. The number of pyridine rings is 1. The summed E-state index contributed by atoms with van der Waals surface area (Å²) in [5.74, 6) is -0.118. The zero-order valence-electron chi connectivity index (χ0n) is 14.2. The maximum atomic E-state index is 12.9. The van der Waals surface area contributed by atoms with Crippen LogP contribution in [-0.2, 0) is 4.74 Å². The minimum atomic E-state index is -0.118. The van der Waals surface area contributed by atoms with Crippen molar-refractivity contribution in [3.8, 4) is 11.3 Å². The fourth-order valence-corrected chi connectivity index (χ4v) is 3.51. The van der Waals surface area contributed by atoms with E-state index in [1.807, 2.05) is 54.6 Å². The van der Waals surface area contributed by atoms with E-state index in [4.69, 9.17) is 21.3 Å². The van der Waals surface area contributed by atoms with Gasteiger partial charge in [-0.1, -0.05) is 48.0 Å². The second-order valence-corrected chi connectivity index (χ2v) is 6.80. The number of hydrogen-bond donors (Lipinski definition) is 1. The Morgan fingerprint density at radius 1 is 1.19 bits per heavy atom. The first kappa shape index (κ1) is 17.0. The van der Waals surface area contributed by atoms with E-state index in [9.17, 15) is 4.79 Å². The van der Waals surface area contributed by atoms with E-state index >= 15 is 0 Å². The predicted octanol–water partition coefficient (Wildman–Crippen LogP) is 4.46. The number of rotatable bonds is 4. The topological polar surface area (TPSA) is 51.2 Å². The van der Waals surface area contributed by atoms with Crippen LogP contribution in [0, 0.1) is 0 Å². The largest absolute Gasteiger partial charge is 0.376 e. The SMILES string of the molecule is O=C(NCC1CCCO1)c1cc(-c2ccccc2Cl)nc2ccccc12. The second kappa shape index (κ2) is 7.44. The minimum Gasteiger partial charge on any atom is -0.376 e. The number of carbonyl (C=O) groups is 1. The lowest BCUT2D eigenvalue weighted by Gasteiger charge is -2.13. The molecule has 1 amide bonds. The summed E-state index contributed by atoms with van der Waals surface area (Å²) in [6.07, 6.45) is 2.15. The molecule has 1 aliphatic heterocycles. The van der Waals surface area contributed by atoms with Crippen molar-refractivity contribution in [1.29, 1.82) is 0 Å². The standard InChI is InChI=1S/C21H19ClN2O2/c22-18-9-3-1-8-16(18)20-12-17(15-7-2-4-10-19(15)24-20)21(25)23-13-14-6-5-11-26-14/h1-4,7-10,12,14H,5-6,11,13H2,(H,23,25). The fraction of sp³-hybridized carbons (Fsp3) is 0.238. The summed E-state index contributed by atoms with van der Waals surface area (Å²) in [7, 11) is 0. The van der Waals surface area contributed by atoms with Crippen LogP contribution in [0.15, 0.2) is 54.6 Å². The van der Waals surface area contributed by atoms with Gasteiger partial charge in [0.25, 0.3) is 5.91 Å². The van der Waals surface area contributed by atoms with Gasteiger partial charge in [0.2, 0.25) is 0 Å². The van der Waals surface area contributed by atoms with E-state index in [0.29, 0.717) is 22.8 Å². The molecule has 4 nitrogen and oxygen atoms in total. The van der Waals surface area contributed by atoms with Gasteiger partial charge >= 0.3 is 0 Å². The molecule has 3 aromatic rings. The zero-order valence-corrected chi connectivity index (χ0v) is 15.0. The van der Waals surface area contributed by atoms with Crippen molar-refractivity contribution < 1.29 is 9.53 Å². The number of nitrogens with zero attached hydrogens (tertiary/aromatic N) is 1. The summed E-state index contributed by atoms with van der Waals surface area (Å²) in [5, 5.41) is 4.44. The van der Waals surface area contributed by atoms with Gasteiger partial charge < -0.3 is 10.1 Å². The van der Waals surface area contributed by atoms with Crippen LogP contribution in [0.25, 0.3) is 22.2 Å². The summed E-state index contributed by atoms with van der Waals surface area (Å²) >= 11 is 6.33. The number of benzene rings is 2. The molecule has 5 heteroatoms. The normalized spacial score (nSPS) is 16.7. The van der Waals surface area contributed by atoms with Crippen molar-refractivity contribution in [3.05, 3.63) is 65.2 Å². The molecule has 1 saturated heterocycles. The average molecular weight is 367 g/mol. The first-order valence-corrected chi connectivity index (χ1v) is 9.14. The van der Waals surface area contributed by atoms with Crippen molar-refractivity contribution in [2.75, 3.05) is 13.2 Å². The molecule has 132 valence electrons. The van der Waals surface area contributed by atoms with E-state index in [-0.39, 0.29) is 12.0 Å². The number of para-hydroxylation sites is 1. The van der Waals surface area contributed by atoms with Crippen molar-refractivity contribution in [1.82, 2.24) is 10.3 Å². The Labute approximate surface area is 157 Å². The van der Waals surface area contributed by atoms with Crippen LogP contribution in [0.4, 0.5) is 0 Å². The van der Waals surface area contributed by atoms with Gasteiger partial charge in [-0.15, -0.1) is 0 Å². The smallest absolute Gasteiger partial charge is 0.252 e. The Morgan fingerprint density at radius 3 is 2.81 bits per heavy atom. The maximum absolute atomic E-state index is 12.9. The third kappa shape index (κ3) is 3.43. The van der Waals surface area contributed by atoms with Gasteiger partial charge in [0.15, 0.2) is 0 Å². The van der Waals surface area contributed by atoms with Gasteiger partial charge in [0, 0.05) is 29.1 Å². The molecule has 1 N–H and O–H groups in total. The molecule has 0 bridgehead atoms. The molecular weight excluding hydrogens is 348 g/mol. The van der Waals surface area contributed by atoms with Crippen LogP contribution in [-0.4, -0.2) is 30.1 Å². The number of nitrogens with one attached hydrogen (secondary N) is 1. The zero-order chi connectivity index (χ0) is 17.9. The number of carbonyl (C=O) groups excluding carboxylic acids is 1. The molecule has 0 spiro atoms. The Hall–Kier alpha value is -2.43. The Kier molecular flexibility index (Phi) is 4.87. The highest BCUT2D eigenvalue weighted by Crippen LogP contribution is 2.29. The van der Waals surface area contributed by atoms with Crippen LogP contribution >= 0.6 is 11.6 Å². The monoisotopic (exact) mass is 366 g/mol. The number of hydrogen-bond acceptors (Lipinski definition) is 3. The highest BCUT2D eigenvalue weighted by Gasteiger charge is 2.19. The van der Waals surface area contributed by atoms with E-state index in [2.05, 4.69) is 5.32 Å². The molecule has 1 aromatic heterocycles. The number of amides is 1. The third-order valence-corrected chi connectivity index (χ3v) is 4.95. The van der Waals surface area contributed by atoms with E-state index < -0.39 is 0 Å². The molecule has 1 unspecified atom stereocenters. The van der Waals surface area contributed by atoms with Gasteiger partial charge in [-0.2, -0.15) is 0 Å². The molecule has 0 radical (unpaired) electrons. The summed E-state index contributed by atoms with van der Waals surface area (Å²) in [6.45, 7) is 1.30. The lowest BCUT2D eigenvalue weighted by atomic mass is 10.0. The summed E-state index contributed by atoms with van der Waals surface area (Å²) in [5.41, 5.74) is 2.88. The third-order valence-electron chi connectivity index (χ3n) is 4.62. The molecule has 1 atom stereocenters. The van der Waals surface area contributed by atoms with Gasteiger partial charge in [-0.25, -0.2) is 4.98 Å². The van der Waals surface area contributed by atoms with Crippen LogP contribution in [0.5, 0.6) is 0 Å². The minimum absolute atomic E-state index is 0.107. The molecule has 1 fully saturated rings. The molecule has 0 saturated carbocycles. The highest BCUT2D eigenvalue weighted by atomic mass is 35.5. The van der Waals surface area contributed by atoms with Crippen LogP contribution in [0.1, 0.15) is 23.2 Å². The van der Waals surface area contributed by atoms with E-state index in [1.54, 1.807) is 0 Å². The van der Waals surface area contributed by atoms with Crippen molar-refractivity contribution in [2.45, 2.75) is 18.9 Å². The van der Waals surface area contributed by atoms with Crippen molar-refractivity contribution in [2.24, 2.45) is 0 Å². The fourth-order valence-electron chi connectivity index (χ4n) is 3.28. The van der Waals surface area contributed by atoms with Gasteiger partial charge in [0.05, 0.1) is 22.9 Å². The lowest BCUT2D eigenvalue weighted by Crippen LogP contribution is -2.31. The Balaban J connectivity index is 1.72. The summed E-state index contributed by atoms with van der Waals surface area (Å²) in [6, 6.07) is 17.0. The number of aromatic nitrogens is 1. The highest BCUT2D eigenvalue weighted by molar-refractivity contribution is 6.33. The van der Waals surface area contributed by atoms with Gasteiger partial charge in [0.1, 0.15) is 0 Å². The van der Waals surface area contributed by atoms with Crippen LogP contribution < -0.4 is 5.32 Å². The van der Waals surface area contributed by atoms with Crippen LogP contribution in [0.2, 0.25) is 5.02 Å². The lowest BCUT2D eigenvalue weighted by molar-refractivity contribution is 0.0859.